The van der Waals surface area contributed by atoms with E-state index in [2.05, 4.69) is 20.6 Å². The van der Waals surface area contributed by atoms with Crippen molar-refractivity contribution in [2.45, 2.75) is 38.5 Å². The number of hydrogen-bond donors (Lipinski definition) is 2. The van der Waals surface area contributed by atoms with Crippen molar-refractivity contribution in [2.75, 3.05) is 33.7 Å². The van der Waals surface area contributed by atoms with E-state index in [0.717, 1.165) is 31.2 Å². The molecule has 2 rings (SSSR count). The summed E-state index contributed by atoms with van der Waals surface area (Å²) in [4.78, 5) is 22.1. The summed E-state index contributed by atoms with van der Waals surface area (Å²) >= 11 is 0. The highest BCUT2D eigenvalue weighted by atomic mass is 127. The van der Waals surface area contributed by atoms with Crippen LogP contribution in [0.5, 0.6) is 0 Å². The van der Waals surface area contributed by atoms with E-state index in [9.17, 15) is 4.79 Å². The van der Waals surface area contributed by atoms with Crippen LogP contribution in [0.3, 0.4) is 0 Å². The van der Waals surface area contributed by atoms with E-state index >= 15 is 0 Å². The highest BCUT2D eigenvalue weighted by Gasteiger charge is 2.14. The minimum absolute atomic E-state index is 0. The summed E-state index contributed by atoms with van der Waals surface area (Å²) in [6.07, 6.45) is 9.21. The van der Waals surface area contributed by atoms with Gasteiger partial charge >= 0.3 is 0 Å². The second-order valence-corrected chi connectivity index (χ2v) is 6.84. The summed E-state index contributed by atoms with van der Waals surface area (Å²) in [5.74, 6) is 1.43. The number of aliphatic imine (C=N–C) groups is 1. The van der Waals surface area contributed by atoms with Gasteiger partial charge in [-0.2, -0.15) is 0 Å². The van der Waals surface area contributed by atoms with Gasteiger partial charge in [-0.15, -0.1) is 24.0 Å². The molecule has 1 aromatic heterocycles. The number of rotatable bonds is 7. The fraction of sp³-hybridized carbons (Fsp3) is 0.632. The molecule has 1 aromatic rings. The molecule has 0 bridgehead atoms. The molecule has 0 unspecified atom stereocenters. The van der Waals surface area contributed by atoms with Crippen molar-refractivity contribution < 1.29 is 4.79 Å². The number of amides is 1. The number of hydrogen-bond acceptors (Lipinski definition) is 3. The van der Waals surface area contributed by atoms with E-state index in [1.54, 1.807) is 25.2 Å². The summed E-state index contributed by atoms with van der Waals surface area (Å²) in [5.41, 5.74) is 1.05. The molecule has 1 fully saturated rings. The molecule has 0 aromatic carbocycles. The summed E-state index contributed by atoms with van der Waals surface area (Å²) in [6.45, 7) is 1.83. The number of likely N-dealkylation sites (N-methyl/N-ethyl adjacent to an activating group) is 1. The molecular formula is C19H32IN5O. The molecule has 1 amide bonds. The third kappa shape index (κ3) is 8.82. The number of carbonyl (C=O) groups excluding carboxylic acids is 1. The molecule has 0 atom stereocenters. The third-order valence-electron chi connectivity index (χ3n) is 4.55. The van der Waals surface area contributed by atoms with Crippen molar-refractivity contribution in [2.24, 2.45) is 10.9 Å². The van der Waals surface area contributed by atoms with Gasteiger partial charge in [-0.05, 0) is 30.9 Å². The Morgan fingerprint density at radius 3 is 2.65 bits per heavy atom. The first-order valence-electron chi connectivity index (χ1n) is 9.27. The molecule has 1 heterocycles. The Morgan fingerprint density at radius 1 is 1.23 bits per heavy atom. The number of nitrogens with one attached hydrogen (secondary N) is 2. The van der Waals surface area contributed by atoms with E-state index in [1.807, 2.05) is 18.2 Å². The van der Waals surface area contributed by atoms with Gasteiger partial charge in [0.15, 0.2) is 5.96 Å². The van der Waals surface area contributed by atoms with Gasteiger partial charge in [-0.3, -0.25) is 9.78 Å². The van der Waals surface area contributed by atoms with Crippen molar-refractivity contribution >= 4 is 35.8 Å². The first-order valence-corrected chi connectivity index (χ1v) is 9.27. The standard InChI is InChI=1S/C19H31N5O.HI/c1-24(2)18(25)15-23-19(22-14-16-8-4-3-5-9-16)21-13-11-17-10-6-7-12-20-17;/h6-7,10,12,16H,3-5,8-9,11,13-15H2,1-2H3,(H2,21,22,23);1H. The van der Waals surface area contributed by atoms with Crippen LogP contribution in [0.25, 0.3) is 0 Å². The molecule has 2 N–H and O–H groups in total. The van der Waals surface area contributed by atoms with Gasteiger partial charge in [0.05, 0.1) is 0 Å². The Kier molecular flexibility index (Phi) is 11.2. The van der Waals surface area contributed by atoms with Gasteiger partial charge < -0.3 is 15.5 Å². The van der Waals surface area contributed by atoms with Gasteiger partial charge in [0.2, 0.25) is 5.91 Å². The van der Waals surface area contributed by atoms with Crippen molar-refractivity contribution in [3.05, 3.63) is 30.1 Å². The van der Waals surface area contributed by atoms with Crippen LogP contribution in [-0.4, -0.2) is 55.5 Å². The molecular weight excluding hydrogens is 441 g/mol. The van der Waals surface area contributed by atoms with Crippen LogP contribution in [0, 0.1) is 5.92 Å². The van der Waals surface area contributed by atoms with Crippen LogP contribution < -0.4 is 10.6 Å². The summed E-state index contributed by atoms with van der Waals surface area (Å²) in [5, 5.41) is 6.75. The fourth-order valence-corrected chi connectivity index (χ4v) is 2.95. The molecule has 0 aliphatic heterocycles. The van der Waals surface area contributed by atoms with Gasteiger partial charge in [-0.1, -0.05) is 25.3 Å². The van der Waals surface area contributed by atoms with Crippen LogP contribution in [0.2, 0.25) is 0 Å². The maximum Gasteiger partial charge on any atom is 0.243 e. The molecule has 7 heteroatoms. The van der Waals surface area contributed by atoms with Crippen molar-refractivity contribution in [1.29, 1.82) is 0 Å². The molecule has 26 heavy (non-hydrogen) atoms. The summed E-state index contributed by atoms with van der Waals surface area (Å²) in [6, 6.07) is 5.93. The van der Waals surface area contributed by atoms with E-state index in [-0.39, 0.29) is 36.4 Å². The average Bonchev–Trinajstić information content (AvgIpc) is 2.64. The van der Waals surface area contributed by atoms with Crippen molar-refractivity contribution in [1.82, 2.24) is 20.5 Å². The Balaban J connectivity index is 0.00000338. The van der Waals surface area contributed by atoms with Crippen molar-refractivity contribution in [3.8, 4) is 0 Å². The zero-order chi connectivity index (χ0) is 17.9. The van der Waals surface area contributed by atoms with Crippen LogP contribution in [0.1, 0.15) is 37.8 Å². The van der Waals surface area contributed by atoms with Crippen LogP contribution in [-0.2, 0) is 11.2 Å². The number of halogens is 1. The predicted octanol–water partition coefficient (Wildman–Crippen LogP) is 2.45. The zero-order valence-corrected chi connectivity index (χ0v) is 18.2. The topological polar surface area (TPSA) is 69.6 Å². The van der Waals surface area contributed by atoms with E-state index < -0.39 is 0 Å². The Labute approximate surface area is 174 Å². The normalized spacial score (nSPS) is 15.1. The third-order valence-corrected chi connectivity index (χ3v) is 4.55. The van der Waals surface area contributed by atoms with E-state index in [4.69, 9.17) is 0 Å². The quantitative estimate of drug-likeness (QED) is 0.363. The molecule has 6 nitrogen and oxygen atoms in total. The van der Waals surface area contributed by atoms with Gasteiger partial charge in [0, 0.05) is 45.5 Å². The largest absolute Gasteiger partial charge is 0.356 e. The molecule has 0 radical (unpaired) electrons. The van der Waals surface area contributed by atoms with E-state index in [0.29, 0.717) is 5.92 Å². The Hall–Kier alpha value is -1.38. The van der Waals surface area contributed by atoms with Gasteiger partial charge in [0.1, 0.15) is 6.54 Å². The SMILES string of the molecule is CN(C)C(=O)CN=C(NCCc1ccccn1)NCC1CCCCC1.I. The van der Waals surface area contributed by atoms with Crippen LogP contribution >= 0.6 is 24.0 Å². The highest BCUT2D eigenvalue weighted by molar-refractivity contribution is 14.0. The number of carbonyl (C=O) groups is 1. The van der Waals surface area contributed by atoms with Crippen LogP contribution in [0.4, 0.5) is 0 Å². The van der Waals surface area contributed by atoms with Gasteiger partial charge in [-0.25, -0.2) is 4.99 Å². The lowest BCUT2D eigenvalue weighted by Crippen LogP contribution is -2.41. The van der Waals surface area contributed by atoms with Crippen molar-refractivity contribution in [3.63, 3.8) is 0 Å². The van der Waals surface area contributed by atoms with Crippen LogP contribution in [0.15, 0.2) is 29.4 Å². The first-order chi connectivity index (χ1) is 12.1. The lowest BCUT2D eigenvalue weighted by Gasteiger charge is -2.23. The minimum Gasteiger partial charge on any atom is -0.356 e. The molecule has 0 spiro atoms. The Morgan fingerprint density at radius 2 is 2.00 bits per heavy atom. The molecule has 1 aliphatic rings. The number of pyridine rings is 1. The molecule has 1 saturated carbocycles. The monoisotopic (exact) mass is 473 g/mol. The number of nitrogens with zero attached hydrogens (tertiary/aromatic N) is 3. The average molecular weight is 473 g/mol. The second kappa shape index (κ2) is 12.9. The highest BCUT2D eigenvalue weighted by Crippen LogP contribution is 2.22. The maximum absolute atomic E-state index is 11.8. The fourth-order valence-electron chi connectivity index (χ4n) is 2.95. The molecule has 1 aliphatic carbocycles. The zero-order valence-electron chi connectivity index (χ0n) is 15.9. The first kappa shape index (κ1) is 22.7. The maximum atomic E-state index is 11.8. The molecule has 146 valence electrons. The smallest absolute Gasteiger partial charge is 0.243 e. The van der Waals surface area contributed by atoms with Gasteiger partial charge in [0.25, 0.3) is 0 Å². The lowest BCUT2D eigenvalue weighted by molar-refractivity contribution is -0.127. The van der Waals surface area contributed by atoms with E-state index in [1.165, 1.54) is 32.1 Å². The summed E-state index contributed by atoms with van der Waals surface area (Å²) < 4.78 is 0. The molecule has 0 saturated heterocycles. The second-order valence-electron chi connectivity index (χ2n) is 6.84. The Bertz CT molecular complexity index is 544. The lowest BCUT2D eigenvalue weighted by atomic mass is 9.89. The predicted molar refractivity (Wildman–Crippen MR) is 117 cm³/mol. The number of guanidine groups is 1. The number of aromatic nitrogens is 1. The summed E-state index contributed by atoms with van der Waals surface area (Å²) in [7, 11) is 3.50. The minimum atomic E-state index is 0.